The number of anilines is 1. The maximum absolute atomic E-state index is 13.0. The number of benzene rings is 1. The van der Waals surface area contributed by atoms with Crippen molar-refractivity contribution in [2.45, 2.75) is 19.9 Å². The molecule has 0 aliphatic carbocycles. The van der Waals surface area contributed by atoms with Crippen LogP contribution < -0.4 is 4.90 Å². The van der Waals surface area contributed by atoms with Gasteiger partial charge in [0, 0.05) is 29.8 Å². The van der Waals surface area contributed by atoms with Crippen molar-refractivity contribution in [1.29, 1.82) is 0 Å². The summed E-state index contributed by atoms with van der Waals surface area (Å²) in [6, 6.07) is 13.3. The molecule has 3 heterocycles. The van der Waals surface area contributed by atoms with E-state index in [9.17, 15) is 14.7 Å². The fraction of sp³-hybridized carbons (Fsp3) is 0.130. The number of aryl methyl sites for hydroxylation is 2. The number of hydrogen-bond acceptors (Lipinski definition) is 5. The number of carbonyl (C=O) groups is 2. The fourth-order valence-electron chi connectivity index (χ4n) is 3.67. The van der Waals surface area contributed by atoms with Gasteiger partial charge in [-0.15, -0.1) is 0 Å². The van der Waals surface area contributed by atoms with Crippen molar-refractivity contribution in [1.82, 2.24) is 9.97 Å². The van der Waals surface area contributed by atoms with Crippen LogP contribution in [0.1, 0.15) is 28.4 Å². The van der Waals surface area contributed by atoms with Crippen LogP contribution in [0.15, 0.2) is 72.7 Å². The predicted octanol–water partition coefficient (Wildman–Crippen LogP) is 3.72. The van der Waals surface area contributed by atoms with Crippen LogP contribution >= 0.6 is 0 Å². The molecule has 4 rings (SSSR count). The molecule has 0 bridgehead atoms. The molecule has 3 aromatic rings. The maximum atomic E-state index is 13.0. The number of aliphatic hydroxyl groups excluding tert-OH is 1. The van der Waals surface area contributed by atoms with Gasteiger partial charge in [0.25, 0.3) is 11.7 Å². The maximum Gasteiger partial charge on any atom is 0.300 e. The first-order valence-electron chi connectivity index (χ1n) is 9.18. The molecule has 0 spiro atoms. The van der Waals surface area contributed by atoms with Gasteiger partial charge in [-0.1, -0.05) is 12.1 Å². The SMILES string of the molecule is Cc1cc(C)cc(N2C(=O)C(=O)/C(=C(/O)c3ccncc3)C2c2ccccn2)c1. The molecule has 0 radical (unpaired) electrons. The minimum Gasteiger partial charge on any atom is -0.507 e. The molecule has 1 amide bonds. The quantitative estimate of drug-likeness (QED) is 0.422. The summed E-state index contributed by atoms with van der Waals surface area (Å²) in [5.74, 6) is -1.68. The molecule has 6 heteroatoms. The Labute approximate surface area is 168 Å². The smallest absolute Gasteiger partial charge is 0.300 e. The number of rotatable bonds is 3. The van der Waals surface area contributed by atoms with Gasteiger partial charge in [-0.05, 0) is 61.4 Å². The zero-order chi connectivity index (χ0) is 20.5. The lowest BCUT2D eigenvalue weighted by Gasteiger charge is -2.25. The molecular formula is C23H19N3O3. The standard InChI is InChI=1S/C23H19N3O3/c1-14-11-15(2)13-17(12-14)26-20(18-5-3-4-8-25-18)19(22(28)23(26)29)21(27)16-6-9-24-10-7-16/h3-13,20,27H,1-2H3/b21-19+. The van der Waals surface area contributed by atoms with Crippen LogP contribution in [-0.2, 0) is 9.59 Å². The van der Waals surface area contributed by atoms with Crippen molar-refractivity contribution >= 4 is 23.1 Å². The summed E-state index contributed by atoms with van der Waals surface area (Å²) in [6.45, 7) is 3.86. The Kier molecular flexibility index (Phi) is 4.68. The van der Waals surface area contributed by atoms with Crippen molar-refractivity contribution in [2.24, 2.45) is 0 Å². The minimum absolute atomic E-state index is 0.0130. The topological polar surface area (TPSA) is 83.4 Å². The normalized spacial score (nSPS) is 18.3. The van der Waals surface area contributed by atoms with E-state index in [2.05, 4.69) is 9.97 Å². The van der Waals surface area contributed by atoms with Crippen LogP contribution in [0.3, 0.4) is 0 Å². The molecular weight excluding hydrogens is 366 g/mol. The summed E-state index contributed by atoms with van der Waals surface area (Å²) in [4.78, 5) is 35.8. The fourth-order valence-corrected chi connectivity index (χ4v) is 3.67. The number of amides is 1. The third-order valence-electron chi connectivity index (χ3n) is 4.85. The lowest BCUT2D eigenvalue weighted by atomic mass is 9.98. The van der Waals surface area contributed by atoms with E-state index in [0.29, 0.717) is 16.9 Å². The molecule has 144 valence electrons. The Bertz CT molecular complexity index is 1100. The summed E-state index contributed by atoms with van der Waals surface area (Å²) in [7, 11) is 0. The lowest BCUT2D eigenvalue weighted by Crippen LogP contribution is -2.30. The highest BCUT2D eigenvalue weighted by molar-refractivity contribution is 6.51. The van der Waals surface area contributed by atoms with Gasteiger partial charge in [-0.2, -0.15) is 0 Å². The largest absolute Gasteiger partial charge is 0.507 e. The number of aliphatic hydroxyl groups is 1. The molecule has 1 aromatic carbocycles. The Morgan fingerprint density at radius 3 is 2.28 bits per heavy atom. The monoisotopic (exact) mass is 385 g/mol. The van der Waals surface area contributed by atoms with Gasteiger partial charge in [0.15, 0.2) is 0 Å². The number of hydrogen-bond donors (Lipinski definition) is 1. The second kappa shape index (κ2) is 7.31. The van der Waals surface area contributed by atoms with Crippen LogP contribution in [-0.4, -0.2) is 26.8 Å². The molecule has 1 fully saturated rings. The zero-order valence-corrected chi connectivity index (χ0v) is 16.0. The van der Waals surface area contributed by atoms with Crippen LogP contribution in [0, 0.1) is 13.8 Å². The zero-order valence-electron chi connectivity index (χ0n) is 16.0. The van der Waals surface area contributed by atoms with E-state index < -0.39 is 17.7 Å². The first-order chi connectivity index (χ1) is 14.0. The van der Waals surface area contributed by atoms with Crippen LogP contribution in [0.2, 0.25) is 0 Å². The van der Waals surface area contributed by atoms with Gasteiger partial charge in [-0.25, -0.2) is 0 Å². The van der Waals surface area contributed by atoms with Gasteiger partial charge >= 0.3 is 0 Å². The molecule has 1 saturated heterocycles. The highest BCUT2D eigenvalue weighted by Gasteiger charge is 2.47. The summed E-state index contributed by atoms with van der Waals surface area (Å²) >= 11 is 0. The highest BCUT2D eigenvalue weighted by Crippen LogP contribution is 2.41. The van der Waals surface area contributed by atoms with Crippen molar-refractivity contribution in [2.75, 3.05) is 4.90 Å². The lowest BCUT2D eigenvalue weighted by molar-refractivity contribution is -0.132. The van der Waals surface area contributed by atoms with Crippen LogP contribution in [0.25, 0.3) is 5.76 Å². The van der Waals surface area contributed by atoms with E-state index >= 15 is 0 Å². The summed E-state index contributed by atoms with van der Waals surface area (Å²) in [6.07, 6.45) is 4.64. The number of ketones is 1. The molecule has 6 nitrogen and oxygen atoms in total. The molecule has 2 aromatic heterocycles. The van der Waals surface area contributed by atoms with Crippen molar-refractivity contribution in [3.8, 4) is 0 Å². The molecule has 1 N–H and O–H groups in total. The van der Waals surface area contributed by atoms with Crippen molar-refractivity contribution in [3.63, 3.8) is 0 Å². The van der Waals surface area contributed by atoms with E-state index in [0.717, 1.165) is 11.1 Å². The Morgan fingerprint density at radius 1 is 0.966 bits per heavy atom. The second-order valence-corrected chi connectivity index (χ2v) is 7.01. The number of carbonyl (C=O) groups excluding carboxylic acids is 2. The number of aromatic nitrogens is 2. The number of Topliss-reactive ketones (excluding diaryl/α,β-unsaturated/α-hetero) is 1. The Balaban J connectivity index is 1.97. The van der Waals surface area contributed by atoms with Crippen molar-refractivity contribution in [3.05, 3.63) is 95.1 Å². The van der Waals surface area contributed by atoms with Crippen LogP contribution in [0.4, 0.5) is 5.69 Å². The summed E-state index contributed by atoms with van der Waals surface area (Å²) < 4.78 is 0. The summed E-state index contributed by atoms with van der Waals surface area (Å²) in [5.41, 5.74) is 3.46. The van der Waals surface area contributed by atoms with Gasteiger partial charge in [0.1, 0.15) is 11.8 Å². The Hall–Kier alpha value is -3.80. The van der Waals surface area contributed by atoms with Gasteiger partial charge in [0.05, 0.1) is 11.3 Å². The van der Waals surface area contributed by atoms with E-state index in [1.807, 2.05) is 32.0 Å². The summed E-state index contributed by atoms with van der Waals surface area (Å²) in [5, 5.41) is 10.9. The van der Waals surface area contributed by atoms with Crippen molar-refractivity contribution < 1.29 is 14.7 Å². The molecule has 29 heavy (non-hydrogen) atoms. The predicted molar refractivity (Wildman–Crippen MR) is 109 cm³/mol. The minimum atomic E-state index is -0.828. The van der Waals surface area contributed by atoms with Gasteiger partial charge in [0.2, 0.25) is 0 Å². The van der Waals surface area contributed by atoms with E-state index in [-0.39, 0.29) is 11.3 Å². The van der Waals surface area contributed by atoms with Gasteiger partial charge in [-0.3, -0.25) is 24.5 Å². The second-order valence-electron chi connectivity index (χ2n) is 7.01. The van der Waals surface area contributed by atoms with Crippen LogP contribution in [0.5, 0.6) is 0 Å². The third-order valence-corrected chi connectivity index (χ3v) is 4.85. The van der Waals surface area contributed by atoms with E-state index in [1.54, 1.807) is 36.5 Å². The first kappa shape index (κ1) is 18.6. The number of pyridine rings is 2. The van der Waals surface area contributed by atoms with Gasteiger partial charge < -0.3 is 5.11 Å². The molecule has 1 unspecified atom stereocenters. The third kappa shape index (κ3) is 3.29. The Morgan fingerprint density at radius 2 is 1.66 bits per heavy atom. The average molecular weight is 385 g/mol. The highest BCUT2D eigenvalue weighted by atomic mass is 16.3. The van der Waals surface area contributed by atoms with E-state index in [1.165, 1.54) is 17.3 Å². The first-order valence-corrected chi connectivity index (χ1v) is 9.18. The molecule has 1 atom stereocenters. The van der Waals surface area contributed by atoms with E-state index in [4.69, 9.17) is 0 Å². The molecule has 0 saturated carbocycles. The molecule has 1 aliphatic rings. The molecule has 1 aliphatic heterocycles. The number of nitrogens with zero attached hydrogens (tertiary/aromatic N) is 3. The average Bonchev–Trinajstić information content (AvgIpc) is 2.99.